The fourth-order valence-corrected chi connectivity index (χ4v) is 3.85. The minimum absolute atomic E-state index is 0.101. The number of aryl methyl sites for hydroxylation is 1. The van der Waals surface area contributed by atoms with Gasteiger partial charge in [-0.3, -0.25) is 0 Å². The Kier molecular flexibility index (Phi) is 4.12. The number of fused-ring (bicyclic) bond motifs is 1. The average Bonchev–Trinajstić information content (AvgIpc) is 2.91. The van der Waals surface area contributed by atoms with Gasteiger partial charge in [0.15, 0.2) is 11.5 Å². The van der Waals surface area contributed by atoms with Crippen LogP contribution in [0.15, 0.2) is 23.2 Å². The molecule has 0 bridgehead atoms. The quantitative estimate of drug-likeness (QED) is 0.872. The van der Waals surface area contributed by atoms with Crippen molar-refractivity contribution in [2.75, 3.05) is 7.11 Å². The predicted molar refractivity (Wildman–Crippen MR) is 87.6 cm³/mol. The Morgan fingerprint density at radius 1 is 1.36 bits per heavy atom. The number of nitriles is 1. The molecule has 1 heterocycles. The molecule has 1 aromatic carbocycles. The normalized spacial score (nSPS) is 13.8. The lowest BCUT2D eigenvalue weighted by Crippen LogP contribution is -1.99. The Morgan fingerprint density at radius 2 is 2.18 bits per heavy atom. The van der Waals surface area contributed by atoms with Gasteiger partial charge in [-0.15, -0.1) is 11.3 Å². The van der Waals surface area contributed by atoms with Crippen LogP contribution in [0.25, 0.3) is 0 Å². The van der Waals surface area contributed by atoms with Crippen LogP contribution in [0.3, 0.4) is 0 Å². The van der Waals surface area contributed by atoms with Gasteiger partial charge in [0.25, 0.3) is 0 Å². The van der Waals surface area contributed by atoms with E-state index in [-0.39, 0.29) is 5.75 Å². The van der Waals surface area contributed by atoms with E-state index in [9.17, 15) is 10.4 Å². The van der Waals surface area contributed by atoms with Crippen LogP contribution in [0.2, 0.25) is 0 Å². The lowest BCUT2D eigenvalue weighted by Gasteiger charge is -2.09. The van der Waals surface area contributed by atoms with Crippen LogP contribution >= 0.6 is 11.3 Å². The molecular formula is C17H16N2O2S. The van der Waals surface area contributed by atoms with Crippen molar-refractivity contribution in [3.8, 4) is 17.6 Å². The molecule has 0 amide bonds. The second-order valence-corrected chi connectivity index (χ2v) is 6.28. The Balaban J connectivity index is 1.93. The van der Waals surface area contributed by atoms with Gasteiger partial charge in [-0.1, -0.05) is 0 Å². The third kappa shape index (κ3) is 2.70. The zero-order valence-corrected chi connectivity index (χ0v) is 13.1. The summed E-state index contributed by atoms with van der Waals surface area (Å²) in [4.78, 5) is 5.80. The van der Waals surface area contributed by atoms with Gasteiger partial charge in [0.1, 0.15) is 11.1 Å². The van der Waals surface area contributed by atoms with Crippen molar-refractivity contribution >= 4 is 22.6 Å². The molecule has 0 atom stereocenters. The summed E-state index contributed by atoms with van der Waals surface area (Å²) in [6.07, 6.45) is 6.09. The van der Waals surface area contributed by atoms with Gasteiger partial charge in [0, 0.05) is 11.1 Å². The van der Waals surface area contributed by atoms with Crippen LogP contribution in [0.4, 0.5) is 5.00 Å². The van der Waals surface area contributed by atoms with Crippen molar-refractivity contribution in [1.29, 1.82) is 5.26 Å². The average molecular weight is 312 g/mol. The first-order chi connectivity index (χ1) is 10.7. The van der Waals surface area contributed by atoms with Crippen LogP contribution in [0, 0.1) is 11.3 Å². The van der Waals surface area contributed by atoms with Gasteiger partial charge in [-0.25, -0.2) is 4.99 Å². The highest BCUT2D eigenvalue weighted by molar-refractivity contribution is 7.16. The van der Waals surface area contributed by atoms with Crippen molar-refractivity contribution in [3.05, 3.63) is 39.8 Å². The smallest absolute Gasteiger partial charge is 0.161 e. The van der Waals surface area contributed by atoms with E-state index in [0.29, 0.717) is 5.75 Å². The molecule has 0 spiro atoms. The molecule has 1 aromatic heterocycles. The minimum Gasteiger partial charge on any atom is -0.504 e. The van der Waals surface area contributed by atoms with E-state index in [1.807, 2.05) is 0 Å². The summed E-state index contributed by atoms with van der Waals surface area (Å²) in [5.41, 5.74) is 2.74. The summed E-state index contributed by atoms with van der Waals surface area (Å²) in [5, 5.41) is 19.8. The molecule has 5 heteroatoms. The highest BCUT2D eigenvalue weighted by Gasteiger charge is 2.20. The molecule has 3 rings (SSSR count). The molecule has 0 unspecified atom stereocenters. The largest absolute Gasteiger partial charge is 0.504 e. The number of hydrogen-bond acceptors (Lipinski definition) is 5. The zero-order chi connectivity index (χ0) is 15.5. The lowest BCUT2D eigenvalue weighted by atomic mass is 9.96. The molecule has 0 aliphatic heterocycles. The molecular weight excluding hydrogens is 296 g/mol. The number of methoxy groups -OCH3 is 1. The van der Waals surface area contributed by atoms with E-state index >= 15 is 0 Å². The summed E-state index contributed by atoms with van der Waals surface area (Å²) < 4.78 is 5.09. The van der Waals surface area contributed by atoms with Crippen molar-refractivity contribution in [1.82, 2.24) is 0 Å². The van der Waals surface area contributed by atoms with Crippen LogP contribution in [-0.4, -0.2) is 18.4 Å². The zero-order valence-electron chi connectivity index (χ0n) is 12.3. The maximum atomic E-state index is 9.60. The third-order valence-electron chi connectivity index (χ3n) is 3.80. The van der Waals surface area contributed by atoms with Crippen molar-refractivity contribution < 1.29 is 9.84 Å². The van der Waals surface area contributed by atoms with E-state index in [2.05, 4.69) is 11.1 Å². The summed E-state index contributed by atoms with van der Waals surface area (Å²) in [6, 6.07) is 7.36. The molecule has 1 aliphatic rings. The maximum Gasteiger partial charge on any atom is 0.161 e. The van der Waals surface area contributed by atoms with Crippen LogP contribution in [0.1, 0.15) is 34.4 Å². The van der Waals surface area contributed by atoms with Crippen molar-refractivity contribution in [3.63, 3.8) is 0 Å². The molecule has 0 fully saturated rings. The number of phenols is 1. The van der Waals surface area contributed by atoms with E-state index in [0.717, 1.165) is 35.4 Å². The standard InChI is InChI=1S/C17H16N2O2S/c1-21-15-8-11(6-7-14(15)20)10-19-17-13(9-18)12-4-2-3-5-16(12)22-17/h6-8,10,20H,2-5H2,1H3. The summed E-state index contributed by atoms with van der Waals surface area (Å²) in [6.45, 7) is 0. The van der Waals surface area contributed by atoms with Gasteiger partial charge in [-0.05, 0) is 55.0 Å². The van der Waals surface area contributed by atoms with Gasteiger partial charge in [-0.2, -0.15) is 5.26 Å². The molecule has 1 N–H and O–H groups in total. The number of aliphatic imine (C=N–C) groups is 1. The second kappa shape index (κ2) is 6.20. The van der Waals surface area contributed by atoms with Crippen molar-refractivity contribution in [2.45, 2.75) is 25.7 Å². The Morgan fingerprint density at radius 3 is 2.95 bits per heavy atom. The molecule has 0 saturated heterocycles. The number of phenolic OH excluding ortho intramolecular Hbond substituents is 1. The van der Waals surface area contributed by atoms with Crippen LogP contribution in [-0.2, 0) is 12.8 Å². The fraction of sp³-hybridized carbons (Fsp3) is 0.294. The third-order valence-corrected chi connectivity index (χ3v) is 5.00. The number of rotatable bonds is 3. The first kappa shape index (κ1) is 14.6. The van der Waals surface area contributed by atoms with Crippen LogP contribution < -0.4 is 4.74 Å². The van der Waals surface area contributed by atoms with Gasteiger partial charge in [0.05, 0.1) is 12.7 Å². The fourth-order valence-electron chi connectivity index (χ4n) is 2.67. The van der Waals surface area contributed by atoms with E-state index in [4.69, 9.17) is 4.74 Å². The topological polar surface area (TPSA) is 65.6 Å². The highest BCUT2D eigenvalue weighted by Crippen LogP contribution is 2.39. The van der Waals surface area contributed by atoms with E-state index < -0.39 is 0 Å². The van der Waals surface area contributed by atoms with Gasteiger partial charge < -0.3 is 9.84 Å². The molecule has 0 radical (unpaired) electrons. The van der Waals surface area contributed by atoms with Crippen molar-refractivity contribution in [2.24, 2.45) is 4.99 Å². The molecule has 0 saturated carbocycles. The number of thiophene rings is 1. The Labute approximate surface area is 133 Å². The van der Waals surface area contributed by atoms with Gasteiger partial charge in [0.2, 0.25) is 0 Å². The predicted octanol–water partition coefficient (Wildman–Crippen LogP) is 3.96. The first-order valence-corrected chi connectivity index (χ1v) is 8.00. The van der Waals surface area contributed by atoms with E-state index in [1.54, 1.807) is 35.8 Å². The highest BCUT2D eigenvalue weighted by atomic mass is 32.1. The minimum atomic E-state index is 0.101. The molecule has 2 aromatic rings. The summed E-state index contributed by atoms with van der Waals surface area (Å²) in [7, 11) is 1.51. The van der Waals surface area contributed by atoms with Crippen LogP contribution in [0.5, 0.6) is 11.5 Å². The number of hydrogen-bond donors (Lipinski definition) is 1. The molecule has 1 aliphatic carbocycles. The molecule has 4 nitrogen and oxygen atoms in total. The number of ether oxygens (including phenoxy) is 1. The SMILES string of the molecule is COc1cc(C=Nc2sc3c(c2C#N)CCCC3)ccc1O. The molecule has 112 valence electrons. The van der Waals surface area contributed by atoms with Gasteiger partial charge >= 0.3 is 0 Å². The molecule has 22 heavy (non-hydrogen) atoms. The second-order valence-electron chi connectivity index (χ2n) is 5.19. The Bertz CT molecular complexity index is 772. The summed E-state index contributed by atoms with van der Waals surface area (Å²) in [5.74, 6) is 0.513. The Hall–Kier alpha value is -2.32. The number of benzene rings is 1. The number of aromatic hydroxyl groups is 1. The lowest BCUT2D eigenvalue weighted by molar-refractivity contribution is 0.373. The monoisotopic (exact) mass is 312 g/mol. The maximum absolute atomic E-state index is 9.60. The number of nitrogens with zero attached hydrogens (tertiary/aromatic N) is 2. The first-order valence-electron chi connectivity index (χ1n) is 7.18. The van der Waals surface area contributed by atoms with E-state index in [1.165, 1.54) is 24.0 Å². The summed E-state index contributed by atoms with van der Waals surface area (Å²) >= 11 is 1.62.